The quantitative estimate of drug-likeness (QED) is 0.709. The largest absolute Gasteiger partial charge is 0.474 e. The second-order valence-electron chi connectivity index (χ2n) is 2.00. The number of nitriles is 1. The summed E-state index contributed by atoms with van der Waals surface area (Å²) >= 11 is 5.59. The molecule has 0 aliphatic heterocycles. The molecule has 0 atom stereocenters. The molecular weight excluding hydrogens is 181 g/mol. The predicted molar refractivity (Wildman–Crippen MR) is 42.5 cm³/mol. The fourth-order valence-corrected chi connectivity index (χ4v) is 0.942. The molecule has 0 heterocycles. The van der Waals surface area contributed by atoms with Gasteiger partial charge in [-0.25, -0.2) is 4.39 Å². The number of halogens is 2. The van der Waals surface area contributed by atoms with Crippen LogP contribution in [0.2, 0.25) is 5.02 Å². The molecule has 4 heteroatoms. The summed E-state index contributed by atoms with van der Waals surface area (Å²) in [7, 11) is 0. The van der Waals surface area contributed by atoms with E-state index in [2.05, 4.69) is 0 Å². The van der Waals surface area contributed by atoms with Gasteiger partial charge in [0.25, 0.3) is 0 Å². The van der Waals surface area contributed by atoms with Gasteiger partial charge in [0.15, 0.2) is 18.2 Å². The Hall–Kier alpha value is -1.27. The van der Waals surface area contributed by atoms with Crippen LogP contribution in [0, 0.1) is 17.1 Å². The van der Waals surface area contributed by atoms with Crippen LogP contribution in [0.4, 0.5) is 4.39 Å². The van der Waals surface area contributed by atoms with Gasteiger partial charge in [0, 0.05) is 0 Å². The van der Waals surface area contributed by atoms with Crippen molar-refractivity contribution in [1.82, 2.24) is 0 Å². The summed E-state index contributed by atoms with van der Waals surface area (Å²) < 4.78 is 17.6. The Labute approximate surface area is 74.1 Å². The Morgan fingerprint density at radius 1 is 1.58 bits per heavy atom. The summed E-state index contributed by atoms with van der Waals surface area (Å²) in [6.07, 6.45) is 0. The number of ether oxygens (including phenoxy) is 1. The van der Waals surface area contributed by atoms with Crippen LogP contribution in [0.1, 0.15) is 0 Å². The van der Waals surface area contributed by atoms with Crippen molar-refractivity contribution >= 4 is 11.6 Å². The topological polar surface area (TPSA) is 33.0 Å². The van der Waals surface area contributed by atoms with Crippen molar-refractivity contribution in [3.05, 3.63) is 29.0 Å². The fourth-order valence-electron chi connectivity index (χ4n) is 0.725. The van der Waals surface area contributed by atoms with E-state index >= 15 is 0 Å². The fraction of sp³-hybridized carbons (Fsp3) is 0.125. The highest BCUT2D eigenvalue weighted by molar-refractivity contribution is 6.32. The van der Waals surface area contributed by atoms with Gasteiger partial charge in [-0.05, 0) is 12.1 Å². The molecule has 0 fully saturated rings. The second-order valence-corrected chi connectivity index (χ2v) is 2.40. The molecule has 0 aliphatic rings. The van der Waals surface area contributed by atoms with Crippen LogP contribution in [0.3, 0.4) is 0 Å². The summed E-state index contributed by atoms with van der Waals surface area (Å²) in [5.74, 6) is -0.626. The summed E-state index contributed by atoms with van der Waals surface area (Å²) in [6.45, 7) is -0.208. The summed E-state index contributed by atoms with van der Waals surface area (Å²) in [5, 5.41) is 8.34. The highest BCUT2D eigenvalue weighted by Gasteiger charge is 2.06. The monoisotopic (exact) mass is 185 g/mol. The zero-order valence-electron chi connectivity index (χ0n) is 6.05. The number of hydrogen-bond donors (Lipinski definition) is 0. The van der Waals surface area contributed by atoms with E-state index < -0.39 is 5.82 Å². The van der Waals surface area contributed by atoms with Crippen LogP contribution in [0.15, 0.2) is 18.2 Å². The highest BCUT2D eigenvalue weighted by Crippen LogP contribution is 2.26. The number of para-hydroxylation sites is 1. The van der Waals surface area contributed by atoms with Gasteiger partial charge < -0.3 is 4.74 Å². The first-order valence-electron chi connectivity index (χ1n) is 3.19. The Morgan fingerprint density at radius 3 is 2.92 bits per heavy atom. The van der Waals surface area contributed by atoms with E-state index in [9.17, 15) is 4.39 Å². The van der Waals surface area contributed by atoms with Crippen LogP contribution < -0.4 is 4.74 Å². The molecule has 0 saturated carbocycles. The summed E-state index contributed by atoms with van der Waals surface area (Å²) in [6, 6.07) is 5.91. The van der Waals surface area contributed by atoms with Crippen LogP contribution in [0.25, 0.3) is 0 Å². The van der Waals surface area contributed by atoms with Gasteiger partial charge >= 0.3 is 0 Å². The van der Waals surface area contributed by atoms with Gasteiger partial charge in [-0.2, -0.15) is 5.26 Å². The zero-order valence-corrected chi connectivity index (χ0v) is 6.81. The van der Waals surface area contributed by atoms with Crippen LogP contribution in [-0.4, -0.2) is 6.61 Å². The van der Waals surface area contributed by atoms with E-state index in [-0.39, 0.29) is 17.4 Å². The molecule has 0 amide bonds. The minimum Gasteiger partial charge on any atom is -0.474 e. The van der Waals surface area contributed by atoms with E-state index in [1.54, 1.807) is 6.07 Å². The molecule has 62 valence electrons. The van der Waals surface area contributed by atoms with Gasteiger partial charge in [0.2, 0.25) is 0 Å². The number of hydrogen-bond acceptors (Lipinski definition) is 2. The third kappa shape index (κ3) is 1.86. The maximum Gasteiger partial charge on any atom is 0.175 e. The zero-order chi connectivity index (χ0) is 8.97. The smallest absolute Gasteiger partial charge is 0.175 e. The number of benzene rings is 1. The van der Waals surface area contributed by atoms with Crippen molar-refractivity contribution in [3.8, 4) is 11.8 Å². The molecule has 0 radical (unpaired) electrons. The molecule has 0 bridgehead atoms. The Morgan fingerprint density at radius 2 is 2.33 bits per heavy atom. The molecule has 0 aliphatic carbocycles. The molecule has 2 nitrogen and oxygen atoms in total. The lowest BCUT2D eigenvalue weighted by Crippen LogP contribution is -1.96. The van der Waals surface area contributed by atoms with Gasteiger partial charge in [0.1, 0.15) is 6.07 Å². The summed E-state index contributed by atoms with van der Waals surface area (Å²) in [4.78, 5) is 0. The molecule has 1 rings (SSSR count). The minimum absolute atomic E-state index is 0.0688. The van der Waals surface area contributed by atoms with Gasteiger partial charge in [0.05, 0.1) is 5.02 Å². The lowest BCUT2D eigenvalue weighted by atomic mass is 10.3. The molecule has 1 aromatic rings. The number of rotatable bonds is 2. The second kappa shape index (κ2) is 3.93. The van der Waals surface area contributed by atoms with Crippen molar-refractivity contribution in [2.45, 2.75) is 0 Å². The standard InChI is InChI=1S/C8H5ClFNO/c9-6-2-1-3-7(10)8(6)12-5-4-11/h1-3H,5H2. The van der Waals surface area contributed by atoms with Crippen molar-refractivity contribution in [2.24, 2.45) is 0 Å². The maximum absolute atomic E-state index is 12.9. The first-order valence-corrected chi connectivity index (χ1v) is 3.57. The third-order valence-electron chi connectivity index (χ3n) is 1.20. The molecule has 0 spiro atoms. The van der Waals surface area contributed by atoms with Crippen molar-refractivity contribution in [1.29, 1.82) is 5.26 Å². The van der Waals surface area contributed by atoms with E-state index in [4.69, 9.17) is 21.6 Å². The first kappa shape index (κ1) is 8.82. The lowest BCUT2D eigenvalue weighted by Gasteiger charge is -2.03. The molecule has 1 aromatic carbocycles. The van der Waals surface area contributed by atoms with E-state index in [1.165, 1.54) is 18.2 Å². The lowest BCUT2D eigenvalue weighted by molar-refractivity contribution is 0.346. The van der Waals surface area contributed by atoms with Crippen molar-refractivity contribution < 1.29 is 9.13 Å². The average molecular weight is 186 g/mol. The van der Waals surface area contributed by atoms with E-state index in [0.717, 1.165) is 0 Å². The Bertz CT molecular complexity index is 301. The van der Waals surface area contributed by atoms with Crippen LogP contribution in [0.5, 0.6) is 5.75 Å². The van der Waals surface area contributed by atoms with E-state index in [1.807, 2.05) is 0 Å². The first-order chi connectivity index (χ1) is 5.75. The van der Waals surface area contributed by atoms with Gasteiger partial charge in [-0.1, -0.05) is 17.7 Å². The molecule has 0 aromatic heterocycles. The van der Waals surface area contributed by atoms with Gasteiger partial charge in [-0.3, -0.25) is 0 Å². The Balaban J connectivity index is 2.90. The van der Waals surface area contributed by atoms with E-state index in [0.29, 0.717) is 0 Å². The number of nitrogens with zero attached hydrogens (tertiary/aromatic N) is 1. The average Bonchev–Trinajstić information content (AvgIpc) is 2.04. The van der Waals surface area contributed by atoms with Crippen LogP contribution in [-0.2, 0) is 0 Å². The Kier molecular flexibility index (Phi) is 2.89. The molecule has 12 heavy (non-hydrogen) atoms. The highest BCUT2D eigenvalue weighted by atomic mass is 35.5. The van der Waals surface area contributed by atoms with Crippen molar-refractivity contribution in [3.63, 3.8) is 0 Å². The summed E-state index contributed by atoms with van der Waals surface area (Å²) in [5.41, 5.74) is 0. The third-order valence-corrected chi connectivity index (χ3v) is 1.50. The maximum atomic E-state index is 12.9. The van der Waals surface area contributed by atoms with Crippen molar-refractivity contribution in [2.75, 3.05) is 6.61 Å². The molecular formula is C8H5ClFNO. The minimum atomic E-state index is -0.558. The SMILES string of the molecule is N#CCOc1c(F)cccc1Cl. The molecule has 0 saturated heterocycles. The normalized spacial score (nSPS) is 9.08. The van der Waals surface area contributed by atoms with Gasteiger partial charge in [-0.15, -0.1) is 0 Å². The molecule has 0 N–H and O–H groups in total. The van der Waals surface area contributed by atoms with Crippen LogP contribution >= 0.6 is 11.6 Å². The molecule has 0 unspecified atom stereocenters. The predicted octanol–water partition coefficient (Wildman–Crippen LogP) is 2.38.